The summed E-state index contributed by atoms with van der Waals surface area (Å²) < 4.78 is 0. The molecule has 0 radical (unpaired) electrons. The Bertz CT molecular complexity index is 2340. The molecule has 54 heavy (non-hydrogen) atoms. The van der Waals surface area contributed by atoms with Gasteiger partial charge in [-0.15, -0.1) is 0 Å². The second kappa shape index (κ2) is 17.3. The third kappa shape index (κ3) is 8.63. The predicted molar refractivity (Wildman–Crippen MR) is 224 cm³/mol. The van der Waals surface area contributed by atoms with Gasteiger partial charge >= 0.3 is 0 Å². The molecule has 0 fully saturated rings. The number of nitrogens with zero attached hydrogens (tertiary/aromatic N) is 3. The van der Waals surface area contributed by atoms with Gasteiger partial charge in [0.25, 0.3) is 0 Å². The summed E-state index contributed by atoms with van der Waals surface area (Å²) in [5.74, 6) is 0.333. The van der Waals surface area contributed by atoms with Gasteiger partial charge in [0.05, 0.1) is 23.3 Å². The predicted octanol–water partition coefficient (Wildman–Crippen LogP) is 13.0. The molecule has 0 saturated heterocycles. The van der Waals surface area contributed by atoms with Crippen molar-refractivity contribution in [2.24, 2.45) is 0 Å². The van der Waals surface area contributed by atoms with Crippen LogP contribution >= 0.6 is 0 Å². The number of anilines is 3. The highest BCUT2D eigenvalue weighted by Gasteiger charge is 2.14. The van der Waals surface area contributed by atoms with Crippen molar-refractivity contribution in [3.63, 3.8) is 0 Å². The number of rotatable bonds is 12. The maximum absolute atomic E-state index is 10.1. The minimum atomic E-state index is 0.333. The fourth-order valence-corrected chi connectivity index (χ4v) is 6.81. The quantitative estimate of drug-likeness (QED) is 0.120. The molecule has 7 aromatic rings. The molecule has 0 bridgehead atoms. The number of aryl methyl sites for hydroxylation is 1. The number of nitriles is 2. The van der Waals surface area contributed by atoms with E-state index in [1.165, 1.54) is 16.7 Å². The fraction of sp³-hybridized carbons (Fsp3) is 0.0588. The van der Waals surface area contributed by atoms with Crippen molar-refractivity contribution in [1.82, 2.24) is 0 Å². The lowest BCUT2D eigenvalue weighted by atomic mass is 9.86. The lowest BCUT2D eigenvalue weighted by Crippen LogP contribution is -2.09. The maximum Gasteiger partial charge on any atom is 0.0998 e. The highest BCUT2D eigenvalue weighted by molar-refractivity contribution is 5.80. The van der Waals surface area contributed by atoms with Crippen molar-refractivity contribution in [3.05, 3.63) is 232 Å². The molecule has 258 valence electrons. The highest BCUT2D eigenvalue weighted by Crippen LogP contribution is 2.34. The van der Waals surface area contributed by atoms with Crippen molar-refractivity contribution >= 4 is 41.4 Å². The second-order valence-electron chi connectivity index (χ2n) is 13.2. The molecule has 0 atom stereocenters. The van der Waals surface area contributed by atoms with Gasteiger partial charge in [-0.2, -0.15) is 10.5 Å². The summed E-state index contributed by atoms with van der Waals surface area (Å²) in [7, 11) is 0. The van der Waals surface area contributed by atoms with Crippen molar-refractivity contribution in [2.75, 3.05) is 4.90 Å². The summed E-state index contributed by atoms with van der Waals surface area (Å²) in [5, 5.41) is 20.1. The summed E-state index contributed by atoms with van der Waals surface area (Å²) in [4.78, 5) is 2.22. The SMILES string of the molecule is N#Cc1cc(/C=C/c2ccc(N(c3ccccc3)c3ccccc3)cc2)c(C#N)cc1/C=C/c1ccc(CCC(c2ccccc2)c2ccccc2)cc1. The molecule has 3 heteroatoms. The van der Waals surface area contributed by atoms with Gasteiger partial charge in [-0.05, 0) is 100 Å². The molecule has 3 nitrogen and oxygen atoms in total. The Morgan fingerprint density at radius 2 is 0.833 bits per heavy atom. The van der Waals surface area contributed by atoms with E-state index in [-0.39, 0.29) is 0 Å². The van der Waals surface area contributed by atoms with E-state index in [0.29, 0.717) is 22.6 Å². The normalized spacial score (nSPS) is 11.1. The zero-order valence-electron chi connectivity index (χ0n) is 30.0. The topological polar surface area (TPSA) is 50.8 Å². The van der Waals surface area contributed by atoms with Gasteiger partial charge in [-0.1, -0.05) is 158 Å². The zero-order chi connectivity index (χ0) is 37.0. The first-order valence-corrected chi connectivity index (χ1v) is 18.2. The van der Waals surface area contributed by atoms with E-state index in [9.17, 15) is 10.5 Å². The van der Waals surface area contributed by atoms with Crippen LogP contribution in [0.4, 0.5) is 17.1 Å². The lowest BCUT2D eigenvalue weighted by Gasteiger charge is -2.25. The molecule has 0 saturated carbocycles. The van der Waals surface area contributed by atoms with Crippen LogP contribution in [0.3, 0.4) is 0 Å². The Kier molecular flexibility index (Phi) is 11.3. The summed E-state index contributed by atoms with van der Waals surface area (Å²) >= 11 is 0. The molecule has 0 aromatic heterocycles. The monoisotopic (exact) mass is 693 g/mol. The highest BCUT2D eigenvalue weighted by atomic mass is 15.1. The first-order valence-electron chi connectivity index (χ1n) is 18.2. The standard InChI is InChI=1S/C51H39N3/c52-37-46-36-45(31-26-41-27-32-50(33-28-41)54(48-17-9-3-10-18-48)49-19-11-4-12-20-49)47(38-53)35-44(46)30-25-39-21-23-40(24-22-39)29-34-51(42-13-5-1-6-14-42)43-15-7-2-8-16-43/h1-28,30-33,35-36,51H,29,34H2/b30-25+,31-26+. The summed E-state index contributed by atoms with van der Waals surface area (Å²) in [6.07, 6.45) is 9.79. The minimum Gasteiger partial charge on any atom is -0.311 e. The molecule has 7 rings (SSSR count). The van der Waals surface area contributed by atoms with Gasteiger partial charge in [0.1, 0.15) is 0 Å². The number of para-hydroxylation sites is 2. The van der Waals surface area contributed by atoms with Gasteiger partial charge in [0.2, 0.25) is 0 Å². The van der Waals surface area contributed by atoms with Gasteiger partial charge < -0.3 is 4.90 Å². The first-order chi connectivity index (χ1) is 26.7. The van der Waals surface area contributed by atoms with E-state index in [1.54, 1.807) is 12.1 Å². The molecule has 0 N–H and O–H groups in total. The molecule has 0 unspecified atom stereocenters. The Balaban J connectivity index is 1.04. The van der Waals surface area contributed by atoms with Crippen LogP contribution in [-0.4, -0.2) is 0 Å². The summed E-state index contributed by atoms with van der Waals surface area (Å²) in [6.45, 7) is 0. The maximum atomic E-state index is 10.1. The molecule has 7 aromatic carbocycles. The van der Waals surface area contributed by atoms with Gasteiger partial charge in [-0.3, -0.25) is 0 Å². The first kappa shape index (κ1) is 35.2. The van der Waals surface area contributed by atoms with E-state index < -0.39 is 0 Å². The molecular formula is C51H39N3. The van der Waals surface area contributed by atoms with Crippen molar-refractivity contribution in [3.8, 4) is 12.1 Å². The fourth-order valence-electron chi connectivity index (χ4n) is 6.81. The summed E-state index contributed by atoms with van der Waals surface area (Å²) in [6, 6.07) is 67.2. The van der Waals surface area contributed by atoms with E-state index in [1.807, 2.05) is 60.7 Å². The van der Waals surface area contributed by atoms with Crippen LogP contribution in [0.15, 0.2) is 182 Å². The molecule has 0 amide bonds. The number of hydrogen-bond donors (Lipinski definition) is 0. The van der Waals surface area contributed by atoms with E-state index in [0.717, 1.165) is 46.6 Å². The zero-order valence-corrected chi connectivity index (χ0v) is 30.0. The molecule has 0 heterocycles. The van der Waals surface area contributed by atoms with Crippen LogP contribution in [0.5, 0.6) is 0 Å². The van der Waals surface area contributed by atoms with Gasteiger partial charge in [-0.25, -0.2) is 0 Å². The molecule has 0 aliphatic heterocycles. The Morgan fingerprint density at radius 3 is 1.26 bits per heavy atom. The van der Waals surface area contributed by atoms with Crippen molar-refractivity contribution in [1.29, 1.82) is 10.5 Å². The Morgan fingerprint density at radius 1 is 0.444 bits per heavy atom. The summed E-state index contributed by atoms with van der Waals surface area (Å²) in [5.41, 5.74) is 11.6. The van der Waals surface area contributed by atoms with Gasteiger partial charge in [0, 0.05) is 23.0 Å². The number of benzene rings is 7. The lowest BCUT2D eigenvalue weighted by molar-refractivity contribution is 0.715. The van der Waals surface area contributed by atoms with Crippen LogP contribution in [-0.2, 0) is 6.42 Å². The number of hydrogen-bond acceptors (Lipinski definition) is 3. The van der Waals surface area contributed by atoms with Crippen LogP contribution in [0.25, 0.3) is 24.3 Å². The second-order valence-corrected chi connectivity index (χ2v) is 13.2. The van der Waals surface area contributed by atoms with Crippen molar-refractivity contribution in [2.45, 2.75) is 18.8 Å². The minimum absolute atomic E-state index is 0.333. The van der Waals surface area contributed by atoms with E-state index >= 15 is 0 Å². The van der Waals surface area contributed by atoms with Gasteiger partial charge in [0.15, 0.2) is 0 Å². The smallest absolute Gasteiger partial charge is 0.0998 e. The van der Waals surface area contributed by atoms with Crippen LogP contribution in [0.1, 0.15) is 62.4 Å². The third-order valence-electron chi connectivity index (χ3n) is 9.66. The third-order valence-corrected chi connectivity index (χ3v) is 9.66. The molecule has 0 aliphatic rings. The average Bonchev–Trinajstić information content (AvgIpc) is 3.24. The average molecular weight is 694 g/mol. The Hall–Kier alpha value is -7.20. The Labute approximate surface area is 318 Å². The molecule has 0 spiro atoms. The van der Waals surface area contributed by atoms with Crippen molar-refractivity contribution < 1.29 is 0 Å². The molecular weight excluding hydrogens is 655 g/mol. The largest absolute Gasteiger partial charge is 0.311 e. The molecule has 0 aliphatic carbocycles. The van der Waals surface area contributed by atoms with E-state index in [2.05, 4.69) is 150 Å². The van der Waals surface area contributed by atoms with Crippen LogP contribution in [0, 0.1) is 22.7 Å². The van der Waals surface area contributed by atoms with Crippen LogP contribution in [0.2, 0.25) is 0 Å². The van der Waals surface area contributed by atoms with Crippen LogP contribution < -0.4 is 4.90 Å². The van der Waals surface area contributed by atoms with E-state index in [4.69, 9.17) is 0 Å².